The summed E-state index contributed by atoms with van der Waals surface area (Å²) in [5.74, 6) is -2.06. The lowest BCUT2D eigenvalue weighted by atomic mass is 10.2. The van der Waals surface area contributed by atoms with Crippen molar-refractivity contribution >= 4 is 70.1 Å². The second-order valence-corrected chi connectivity index (χ2v) is 11.8. The minimum Gasteiger partial charge on any atom is -0.462 e. The number of benzene rings is 3. The first kappa shape index (κ1) is 30.5. The topological polar surface area (TPSA) is 122 Å². The molecule has 1 atom stereocenters. The molecule has 0 saturated carbocycles. The van der Waals surface area contributed by atoms with Crippen LogP contribution in [0.4, 0.5) is 11.4 Å². The van der Waals surface area contributed by atoms with Crippen LogP contribution >= 0.6 is 23.1 Å². The van der Waals surface area contributed by atoms with E-state index in [2.05, 4.69) is 10.6 Å². The van der Waals surface area contributed by atoms with Crippen LogP contribution in [0.3, 0.4) is 0 Å². The van der Waals surface area contributed by atoms with E-state index in [4.69, 9.17) is 4.74 Å². The molecule has 1 aromatic heterocycles. The number of nitrogens with one attached hydrogen (secondary N) is 2. The number of amides is 4. The summed E-state index contributed by atoms with van der Waals surface area (Å²) in [6, 6.07) is 25.3. The first-order valence-electron chi connectivity index (χ1n) is 13.7. The first-order chi connectivity index (χ1) is 21.3. The van der Waals surface area contributed by atoms with Gasteiger partial charge in [0.25, 0.3) is 11.8 Å². The molecule has 1 aliphatic rings. The van der Waals surface area contributed by atoms with E-state index in [-0.39, 0.29) is 30.5 Å². The lowest BCUT2D eigenvalue weighted by Crippen LogP contribution is -2.31. The number of hydrogen-bond donors (Lipinski definition) is 2. The maximum absolute atomic E-state index is 13.2. The smallest absolute Gasteiger partial charge is 0.338 e. The molecule has 0 bridgehead atoms. The lowest BCUT2D eigenvalue weighted by Gasteiger charge is -2.15. The molecule has 3 aromatic carbocycles. The fourth-order valence-electron chi connectivity index (χ4n) is 4.37. The highest BCUT2D eigenvalue weighted by Crippen LogP contribution is 2.34. The van der Waals surface area contributed by atoms with E-state index in [0.717, 1.165) is 14.7 Å². The Kier molecular flexibility index (Phi) is 9.68. The van der Waals surface area contributed by atoms with Gasteiger partial charge in [-0.1, -0.05) is 24.3 Å². The van der Waals surface area contributed by atoms with E-state index in [1.165, 1.54) is 35.2 Å². The lowest BCUT2D eigenvalue weighted by molar-refractivity contribution is -0.121. The normalized spacial score (nSPS) is 14.8. The number of rotatable bonds is 10. The SMILES string of the molecule is CCOC(=O)c1ccc(N2C(=O)CC(Sc3ccc(NC(=O)/C(=C/c4cccs4)NC(=O)c4ccccc4)cc3)C2=O)cc1. The number of esters is 1. The third-order valence-corrected chi connectivity index (χ3v) is 8.51. The van der Waals surface area contributed by atoms with E-state index >= 15 is 0 Å². The highest BCUT2D eigenvalue weighted by molar-refractivity contribution is 8.00. The first-order valence-corrected chi connectivity index (χ1v) is 15.4. The van der Waals surface area contributed by atoms with Crippen molar-refractivity contribution in [3.63, 3.8) is 0 Å². The summed E-state index contributed by atoms with van der Waals surface area (Å²) in [4.78, 5) is 66.5. The van der Waals surface area contributed by atoms with Crippen LogP contribution < -0.4 is 15.5 Å². The van der Waals surface area contributed by atoms with Crippen LogP contribution in [0.1, 0.15) is 38.9 Å². The van der Waals surface area contributed by atoms with Gasteiger partial charge in [-0.2, -0.15) is 0 Å². The molecule has 0 aliphatic carbocycles. The van der Waals surface area contributed by atoms with Crippen LogP contribution in [0.15, 0.2) is 107 Å². The molecular weight excluding hydrogens is 599 g/mol. The van der Waals surface area contributed by atoms with Crippen molar-refractivity contribution in [2.75, 3.05) is 16.8 Å². The molecule has 44 heavy (non-hydrogen) atoms. The summed E-state index contributed by atoms with van der Waals surface area (Å²) >= 11 is 2.69. The number of carbonyl (C=O) groups excluding carboxylic acids is 5. The zero-order chi connectivity index (χ0) is 31.1. The van der Waals surface area contributed by atoms with Gasteiger partial charge in [0, 0.05) is 27.4 Å². The minimum absolute atomic E-state index is 0.0274. The van der Waals surface area contributed by atoms with Crippen LogP contribution in [0, 0.1) is 0 Å². The highest BCUT2D eigenvalue weighted by Gasteiger charge is 2.40. The number of nitrogens with zero attached hydrogens (tertiary/aromatic N) is 1. The Hall–Kier alpha value is -5.00. The molecule has 4 aromatic rings. The molecule has 2 heterocycles. The van der Waals surface area contributed by atoms with Crippen molar-refractivity contribution in [1.29, 1.82) is 0 Å². The Morgan fingerprint density at radius 1 is 0.932 bits per heavy atom. The summed E-state index contributed by atoms with van der Waals surface area (Å²) in [5.41, 5.74) is 1.72. The fraction of sp³-hybridized carbons (Fsp3) is 0.121. The largest absolute Gasteiger partial charge is 0.462 e. The number of carbonyl (C=O) groups is 5. The zero-order valence-corrected chi connectivity index (χ0v) is 25.2. The van der Waals surface area contributed by atoms with Gasteiger partial charge in [0.05, 0.1) is 23.1 Å². The summed E-state index contributed by atoms with van der Waals surface area (Å²) in [7, 11) is 0. The summed E-state index contributed by atoms with van der Waals surface area (Å²) in [6.45, 7) is 1.96. The predicted molar refractivity (Wildman–Crippen MR) is 170 cm³/mol. The van der Waals surface area contributed by atoms with E-state index in [1.807, 2.05) is 17.5 Å². The van der Waals surface area contributed by atoms with Crippen molar-refractivity contribution < 1.29 is 28.7 Å². The maximum Gasteiger partial charge on any atom is 0.338 e. The zero-order valence-electron chi connectivity index (χ0n) is 23.5. The second-order valence-electron chi connectivity index (χ2n) is 9.52. The maximum atomic E-state index is 13.2. The standard InChI is InChI=1S/C33H27N3O6S2/c1-2-42-33(41)22-10-14-24(15-11-22)36-29(37)20-28(32(36)40)44-25-16-12-23(13-17-25)34-31(39)27(19-26-9-6-18-43-26)35-30(38)21-7-4-3-5-8-21/h3-19,28H,2,20H2,1H3,(H,34,39)(H,35,38)/b27-19-. The molecule has 1 fully saturated rings. The number of thioether (sulfide) groups is 1. The van der Waals surface area contributed by atoms with Crippen molar-refractivity contribution in [3.05, 3.63) is 118 Å². The number of thiophene rings is 1. The number of hydrogen-bond acceptors (Lipinski definition) is 8. The second kappa shape index (κ2) is 14.0. The Morgan fingerprint density at radius 2 is 1.66 bits per heavy atom. The van der Waals surface area contributed by atoms with E-state index < -0.39 is 23.0 Å². The van der Waals surface area contributed by atoms with Gasteiger partial charge in [-0.05, 0) is 85.1 Å². The Bertz CT molecular complexity index is 1700. The Balaban J connectivity index is 1.23. The van der Waals surface area contributed by atoms with Gasteiger partial charge in [-0.25, -0.2) is 9.69 Å². The van der Waals surface area contributed by atoms with Gasteiger partial charge >= 0.3 is 5.97 Å². The van der Waals surface area contributed by atoms with Gasteiger partial charge in [-0.15, -0.1) is 23.1 Å². The third-order valence-electron chi connectivity index (χ3n) is 6.49. The number of ether oxygens (including phenoxy) is 1. The molecule has 11 heteroatoms. The van der Waals surface area contributed by atoms with Gasteiger partial charge in [0.15, 0.2) is 0 Å². The van der Waals surface area contributed by atoms with E-state index in [1.54, 1.807) is 79.7 Å². The molecule has 1 saturated heterocycles. The number of anilines is 2. The molecule has 2 N–H and O–H groups in total. The van der Waals surface area contributed by atoms with Crippen molar-refractivity contribution in [3.8, 4) is 0 Å². The van der Waals surface area contributed by atoms with Crippen LogP contribution in [0.25, 0.3) is 6.08 Å². The minimum atomic E-state index is -0.624. The Labute approximate surface area is 261 Å². The molecule has 1 unspecified atom stereocenters. The average molecular weight is 626 g/mol. The van der Waals surface area contributed by atoms with E-state index in [9.17, 15) is 24.0 Å². The van der Waals surface area contributed by atoms with E-state index in [0.29, 0.717) is 22.5 Å². The molecule has 9 nitrogen and oxygen atoms in total. The van der Waals surface area contributed by atoms with Crippen LogP contribution in [0.2, 0.25) is 0 Å². The molecule has 4 amide bonds. The Morgan fingerprint density at radius 3 is 2.32 bits per heavy atom. The quantitative estimate of drug-likeness (QED) is 0.131. The molecule has 1 aliphatic heterocycles. The van der Waals surface area contributed by atoms with Crippen LogP contribution in [-0.4, -0.2) is 41.5 Å². The van der Waals surface area contributed by atoms with Gasteiger partial charge in [0.2, 0.25) is 11.8 Å². The number of imide groups is 1. The summed E-state index contributed by atoms with van der Waals surface area (Å²) < 4.78 is 4.98. The average Bonchev–Trinajstić information content (AvgIpc) is 3.65. The fourth-order valence-corrected chi connectivity index (χ4v) is 6.08. The molecular formula is C33H27N3O6S2. The van der Waals surface area contributed by atoms with Crippen LogP contribution in [-0.2, 0) is 19.1 Å². The van der Waals surface area contributed by atoms with Gasteiger partial charge < -0.3 is 15.4 Å². The molecule has 5 rings (SSSR count). The predicted octanol–water partition coefficient (Wildman–Crippen LogP) is 5.76. The monoisotopic (exact) mass is 625 g/mol. The summed E-state index contributed by atoms with van der Waals surface area (Å²) in [5, 5.41) is 6.77. The van der Waals surface area contributed by atoms with Crippen molar-refractivity contribution in [2.45, 2.75) is 23.5 Å². The van der Waals surface area contributed by atoms with Crippen LogP contribution in [0.5, 0.6) is 0 Å². The highest BCUT2D eigenvalue weighted by atomic mass is 32.2. The third kappa shape index (κ3) is 7.31. The summed E-state index contributed by atoms with van der Waals surface area (Å²) in [6.07, 6.45) is 1.64. The molecule has 222 valence electrons. The van der Waals surface area contributed by atoms with Crippen molar-refractivity contribution in [1.82, 2.24) is 5.32 Å². The van der Waals surface area contributed by atoms with Gasteiger partial charge in [0.1, 0.15) is 5.70 Å². The molecule has 0 radical (unpaired) electrons. The van der Waals surface area contributed by atoms with Crippen molar-refractivity contribution in [2.24, 2.45) is 0 Å². The van der Waals surface area contributed by atoms with Gasteiger partial charge in [-0.3, -0.25) is 19.2 Å². The molecule has 0 spiro atoms.